The number of hydrogen-bond acceptors (Lipinski definition) is 7. The molecule has 3 aliphatic rings. The Balaban J connectivity index is 1.69. The van der Waals surface area contributed by atoms with Gasteiger partial charge in [-0.3, -0.25) is 24.1 Å². The molecule has 2 saturated heterocycles. The van der Waals surface area contributed by atoms with Crippen molar-refractivity contribution in [2.75, 3.05) is 27.2 Å². The molecule has 43 heavy (non-hydrogen) atoms. The van der Waals surface area contributed by atoms with Gasteiger partial charge in [0, 0.05) is 31.3 Å². The number of carbonyl (C=O) groups excluding carboxylic acids is 4. The van der Waals surface area contributed by atoms with Gasteiger partial charge in [-0.1, -0.05) is 34.1 Å². The number of benzene rings is 1. The Morgan fingerprint density at radius 1 is 1.16 bits per heavy atom. The van der Waals surface area contributed by atoms with Gasteiger partial charge >= 0.3 is 0 Å². The number of carbonyl (C=O) groups is 4. The molecular formula is C32H47N5O6. The highest BCUT2D eigenvalue weighted by molar-refractivity contribution is 5.96. The Labute approximate surface area is 254 Å². The highest BCUT2D eigenvalue weighted by Gasteiger charge is 2.49. The molecule has 11 nitrogen and oxygen atoms in total. The van der Waals surface area contributed by atoms with Crippen LogP contribution in [0.15, 0.2) is 24.4 Å². The molecule has 6 atom stereocenters. The number of likely N-dealkylation sites (N-methyl/N-ethyl adjacent to an activating group) is 1. The molecule has 0 radical (unpaired) electrons. The predicted octanol–water partition coefficient (Wildman–Crippen LogP) is 2.34. The van der Waals surface area contributed by atoms with Crippen molar-refractivity contribution in [3.63, 3.8) is 0 Å². The third-order valence-corrected chi connectivity index (χ3v) is 8.82. The highest BCUT2D eigenvalue weighted by atomic mass is 16.5. The monoisotopic (exact) mass is 597 g/mol. The van der Waals surface area contributed by atoms with Crippen LogP contribution in [0.25, 0.3) is 6.08 Å². The lowest BCUT2D eigenvalue weighted by molar-refractivity contribution is -0.150. The van der Waals surface area contributed by atoms with Gasteiger partial charge in [0.05, 0.1) is 6.04 Å². The first-order chi connectivity index (χ1) is 20.4. The number of aromatic hydroxyl groups is 1. The van der Waals surface area contributed by atoms with E-state index >= 15 is 0 Å². The summed E-state index contributed by atoms with van der Waals surface area (Å²) >= 11 is 0. The standard InChI is InChI=1S/C32H47N5O6/c1-7-20(4)27(35(5)6)30(40)34-23(17-19(2)3)31(41)37-16-13-26-28(37)32(42)36-15-8-9-24(36)29(39)33-14-12-21-18-22(43-26)10-11-25(21)38/h10-12,14,18-20,23-24,26-28,38H,7-9,13,15-17H2,1-6H3,(H,33,39)(H,34,40)/b14-12+/t20?,23-,24-,26-,27+,28-/m0/s1. The first-order valence-electron chi connectivity index (χ1n) is 15.5. The molecule has 0 aromatic heterocycles. The van der Waals surface area contributed by atoms with Crippen LogP contribution in [-0.4, -0.2) is 101 Å². The number of amides is 4. The fraction of sp³-hybridized carbons (Fsp3) is 0.625. The molecule has 3 aliphatic heterocycles. The van der Waals surface area contributed by atoms with E-state index in [1.54, 1.807) is 28.0 Å². The summed E-state index contributed by atoms with van der Waals surface area (Å²) in [6.07, 6.45) is 5.14. The molecule has 0 saturated carbocycles. The van der Waals surface area contributed by atoms with Gasteiger partial charge in [-0.2, -0.15) is 0 Å². The summed E-state index contributed by atoms with van der Waals surface area (Å²) in [5.41, 5.74) is 0.450. The van der Waals surface area contributed by atoms with Crippen LogP contribution in [0, 0.1) is 11.8 Å². The normalized spacial score (nSPS) is 25.0. The van der Waals surface area contributed by atoms with Gasteiger partial charge in [0.15, 0.2) is 0 Å². The van der Waals surface area contributed by atoms with E-state index in [1.807, 2.05) is 46.7 Å². The number of nitrogens with zero attached hydrogens (tertiary/aromatic N) is 3. The quantitative estimate of drug-likeness (QED) is 0.419. The van der Waals surface area contributed by atoms with Crippen LogP contribution >= 0.6 is 0 Å². The lowest BCUT2D eigenvalue weighted by atomic mass is 9.96. The van der Waals surface area contributed by atoms with E-state index in [4.69, 9.17) is 4.74 Å². The van der Waals surface area contributed by atoms with E-state index in [1.165, 1.54) is 12.3 Å². The summed E-state index contributed by atoms with van der Waals surface area (Å²) in [5, 5.41) is 16.1. The molecule has 3 heterocycles. The van der Waals surface area contributed by atoms with Crippen molar-refractivity contribution in [2.24, 2.45) is 11.8 Å². The zero-order valence-electron chi connectivity index (χ0n) is 26.2. The Morgan fingerprint density at radius 3 is 2.58 bits per heavy atom. The summed E-state index contributed by atoms with van der Waals surface area (Å²) in [7, 11) is 3.72. The van der Waals surface area contributed by atoms with Crippen molar-refractivity contribution in [2.45, 2.75) is 90.1 Å². The second-order valence-electron chi connectivity index (χ2n) is 12.7. The van der Waals surface area contributed by atoms with Gasteiger partial charge in [-0.15, -0.1) is 0 Å². The number of ether oxygens (including phenoxy) is 1. The summed E-state index contributed by atoms with van der Waals surface area (Å²) in [5.74, 6) is -0.562. The molecule has 0 aliphatic carbocycles. The summed E-state index contributed by atoms with van der Waals surface area (Å²) in [6, 6.07) is 1.87. The molecule has 1 aromatic carbocycles. The Kier molecular flexibility index (Phi) is 10.4. The van der Waals surface area contributed by atoms with E-state index in [0.29, 0.717) is 43.5 Å². The smallest absolute Gasteiger partial charge is 0.249 e. The van der Waals surface area contributed by atoms with Crippen LogP contribution in [0.3, 0.4) is 0 Å². The minimum absolute atomic E-state index is 0.0201. The molecule has 11 heteroatoms. The molecule has 4 rings (SSSR count). The van der Waals surface area contributed by atoms with E-state index in [9.17, 15) is 24.3 Å². The van der Waals surface area contributed by atoms with Crippen LogP contribution < -0.4 is 15.4 Å². The van der Waals surface area contributed by atoms with E-state index in [0.717, 1.165) is 6.42 Å². The molecule has 4 amide bonds. The van der Waals surface area contributed by atoms with Crippen LogP contribution in [0.5, 0.6) is 11.5 Å². The number of hydrogen-bond donors (Lipinski definition) is 3. The van der Waals surface area contributed by atoms with Gasteiger partial charge in [0.1, 0.15) is 35.7 Å². The molecular weight excluding hydrogens is 550 g/mol. The van der Waals surface area contributed by atoms with Crippen molar-refractivity contribution >= 4 is 29.7 Å². The van der Waals surface area contributed by atoms with Crippen LogP contribution in [-0.2, 0) is 19.2 Å². The second kappa shape index (κ2) is 13.8. The fourth-order valence-corrected chi connectivity index (χ4v) is 6.50. The fourth-order valence-electron chi connectivity index (χ4n) is 6.50. The van der Waals surface area contributed by atoms with Gasteiger partial charge in [0.25, 0.3) is 0 Å². The summed E-state index contributed by atoms with van der Waals surface area (Å²) in [6.45, 7) is 8.70. The van der Waals surface area contributed by atoms with Crippen molar-refractivity contribution < 1.29 is 29.0 Å². The largest absolute Gasteiger partial charge is 0.507 e. The average molecular weight is 598 g/mol. The van der Waals surface area contributed by atoms with Crippen LogP contribution in [0.4, 0.5) is 0 Å². The zero-order valence-corrected chi connectivity index (χ0v) is 26.2. The summed E-state index contributed by atoms with van der Waals surface area (Å²) in [4.78, 5) is 60.2. The minimum atomic E-state index is -0.974. The zero-order chi connectivity index (χ0) is 31.4. The average Bonchev–Trinajstić information content (AvgIpc) is 3.60. The third kappa shape index (κ3) is 7.14. The van der Waals surface area contributed by atoms with E-state index in [-0.39, 0.29) is 47.8 Å². The number of phenols is 1. The maximum atomic E-state index is 14.3. The first kappa shape index (κ1) is 32.3. The van der Waals surface area contributed by atoms with Crippen molar-refractivity contribution in [3.05, 3.63) is 30.0 Å². The van der Waals surface area contributed by atoms with Gasteiger partial charge in [-0.25, -0.2) is 0 Å². The Morgan fingerprint density at radius 2 is 1.91 bits per heavy atom. The predicted molar refractivity (Wildman–Crippen MR) is 163 cm³/mol. The third-order valence-electron chi connectivity index (χ3n) is 8.82. The number of rotatable bonds is 8. The summed E-state index contributed by atoms with van der Waals surface area (Å²) < 4.78 is 6.35. The molecule has 3 N–H and O–H groups in total. The molecule has 2 fully saturated rings. The van der Waals surface area contributed by atoms with Crippen LogP contribution in [0.2, 0.25) is 0 Å². The molecule has 1 unspecified atom stereocenters. The van der Waals surface area contributed by atoms with Crippen LogP contribution in [0.1, 0.15) is 65.4 Å². The van der Waals surface area contributed by atoms with Crippen molar-refractivity contribution in [3.8, 4) is 11.5 Å². The maximum absolute atomic E-state index is 14.3. The highest BCUT2D eigenvalue weighted by Crippen LogP contribution is 2.32. The molecule has 1 aromatic rings. The van der Waals surface area contributed by atoms with Crippen molar-refractivity contribution in [1.82, 2.24) is 25.3 Å². The second-order valence-corrected chi connectivity index (χ2v) is 12.7. The Hall–Kier alpha value is -3.60. The lowest BCUT2D eigenvalue weighted by Crippen LogP contribution is -2.60. The SMILES string of the molecule is CCC(C)[C@H](C(=O)N[C@@H](CC(C)C)C(=O)N1CC[C@@H]2Oc3ccc(O)c(c3)/C=C/NC(=O)[C@@H]3CCCN3C(=O)[C@H]21)N(C)C. The number of nitrogens with one attached hydrogen (secondary N) is 2. The molecule has 236 valence electrons. The minimum Gasteiger partial charge on any atom is -0.507 e. The lowest BCUT2D eigenvalue weighted by Gasteiger charge is -2.36. The topological polar surface area (TPSA) is 132 Å². The maximum Gasteiger partial charge on any atom is 0.249 e. The number of likely N-dealkylation sites (tertiary alicyclic amines) is 1. The van der Waals surface area contributed by atoms with Gasteiger partial charge in [0.2, 0.25) is 23.6 Å². The van der Waals surface area contributed by atoms with Crippen molar-refractivity contribution in [1.29, 1.82) is 0 Å². The molecule has 2 bridgehead atoms. The number of phenolic OH excluding ortho intramolecular Hbond substituents is 1. The first-order valence-corrected chi connectivity index (χ1v) is 15.5. The van der Waals surface area contributed by atoms with Gasteiger partial charge < -0.3 is 30.3 Å². The van der Waals surface area contributed by atoms with Gasteiger partial charge in [-0.05, 0) is 69.5 Å². The number of fused-ring (bicyclic) bond motifs is 4. The molecule has 0 spiro atoms. The van der Waals surface area contributed by atoms with E-state index < -0.39 is 30.3 Å². The Bertz CT molecular complexity index is 1230. The van der Waals surface area contributed by atoms with E-state index in [2.05, 4.69) is 10.6 Å².